The topological polar surface area (TPSA) is 75.7 Å². The Morgan fingerprint density at radius 1 is 1.15 bits per heavy atom. The highest BCUT2D eigenvalue weighted by Gasteiger charge is 2.36. The molecule has 1 saturated heterocycles. The molecule has 138 valence electrons. The largest absolute Gasteiger partial charge is 0.497 e. The first kappa shape index (κ1) is 19.2. The maximum atomic E-state index is 12.5. The molecular formula is C19H15BrN2O4S. The van der Waals surface area contributed by atoms with Crippen LogP contribution in [0.25, 0.3) is 6.08 Å². The van der Waals surface area contributed by atoms with E-state index in [2.05, 4.69) is 21.2 Å². The van der Waals surface area contributed by atoms with Crippen molar-refractivity contribution in [1.29, 1.82) is 0 Å². The SMILES string of the molecule is COc1ccc(NC(=O)CN2C(=O)S/C(=C\c3ccc(Br)cc3)C2=O)cc1. The molecule has 1 aliphatic rings. The summed E-state index contributed by atoms with van der Waals surface area (Å²) >= 11 is 4.17. The van der Waals surface area contributed by atoms with Gasteiger partial charge in [0.2, 0.25) is 5.91 Å². The number of nitrogens with one attached hydrogen (secondary N) is 1. The zero-order valence-corrected chi connectivity index (χ0v) is 16.7. The summed E-state index contributed by atoms with van der Waals surface area (Å²) in [5, 5.41) is 2.19. The third-order valence-corrected chi connectivity index (χ3v) is 5.15. The van der Waals surface area contributed by atoms with Crippen LogP contribution in [0, 0.1) is 0 Å². The number of rotatable bonds is 5. The molecule has 3 rings (SSSR count). The molecule has 1 fully saturated rings. The highest BCUT2D eigenvalue weighted by molar-refractivity contribution is 9.10. The zero-order valence-electron chi connectivity index (χ0n) is 14.3. The van der Waals surface area contributed by atoms with E-state index in [1.807, 2.05) is 24.3 Å². The molecular weight excluding hydrogens is 432 g/mol. The molecule has 1 N–H and O–H groups in total. The summed E-state index contributed by atoms with van der Waals surface area (Å²) in [4.78, 5) is 38.0. The number of hydrogen-bond acceptors (Lipinski definition) is 5. The molecule has 6 nitrogen and oxygen atoms in total. The van der Waals surface area contributed by atoms with Crippen molar-refractivity contribution in [3.05, 3.63) is 63.5 Å². The van der Waals surface area contributed by atoms with Gasteiger partial charge in [-0.1, -0.05) is 28.1 Å². The number of amides is 3. The highest BCUT2D eigenvalue weighted by Crippen LogP contribution is 2.32. The molecule has 0 aliphatic carbocycles. The lowest BCUT2D eigenvalue weighted by Gasteiger charge is -2.12. The van der Waals surface area contributed by atoms with Gasteiger partial charge in [-0.25, -0.2) is 0 Å². The molecule has 1 heterocycles. The van der Waals surface area contributed by atoms with E-state index in [0.29, 0.717) is 16.3 Å². The second-order valence-electron chi connectivity index (χ2n) is 5.60. The van der Waals surface area contributed by atoms with Gasteiger partial charge in [-0.15, -0.1) is 0 Å². The summed E-state index contributed by atoms with van der Waals surface area (Å²) in [6.45, 7) is -0.339. The number of ether oxygens (including phenoxy) is 1. The number of nitrogens with zero attached hydrogens (tertiary/aromatic N) is 1. The summed E-state index contributed by atoms with van der Waals surface area (Å²) in [6, 6.07) is 14.1. The Labute approximate surface area is 168 Å². The predicted molar refractivity (Wildman–Crippen MR) is 108 cm³/mol. The van der Waals surface area contributed by atoms with E-state index >= 15 is 0 Å². The first-order valence-electron chi connectivity index (χ1n) is 7.91. The molecule has 2 aromatic rings. The molecule has 0 bridgehead atoms. The van der Waals surface area contributed by atoms with Crippen LogP contribution in [-0.4, -0.2) is 35.6 Å². The number of carbonyl (C=O) groups excluding carboxylic acids is 3. The van der Waals surface area contributed by atoms with Gasteiger partial charge in [0.15, 0.2) is 0 Å². The smallest absolute Gasteiger partial charge is 0.294 e. The van der Waals surface area contributed by atoms with Gasteiger partial charge in [0, 0.05) is 10.2 Å². The zero-order chi connectivity index (χ0) is 19.4. The molecule has 0 radical (unpaired) electrons. The predicted octanol–water partition coefficient (Wildman–Crippen LogP) is 4.13. The van der Waals surface area contributed by atoms with Crippen molar-refractivity contribution in [3.63, 3.8) is 0 Å². The maximum absolute atomic E-state index is 12.5. The van der Waals surface area contributed by atoms with Crippen LogP contribution >= 0.6 is 27.7 Å². The van der Waals surface area contributed by atoms with Gasteiger partial charge >= 0.3 is 0 Å². The first-order chi connectivity index (χ1) is 13.0. The van der Waals surface area contributed by atoms with Crippen molar-refractivity contribution in [2.24, 2.45) is 0 Å². The van der Waals surface area contributed by atoms with E-state index in [9.17, 15) is 14.4 Å². The van der Waals surface area contributed by atoms with Crippen molar-refractivity contribution >= 4 is 56.5 Å². The number of benzene rings is 2. The number of thioether (sulfide) groups is 1. The normalized spacial score (nSPS) is 15.3. The summed E-state index contributed by atoms with van der Waals surface area (Å²) in [6.07, 6.45) is 1.64. The Balaban J connectivity index is 1.65. The Kier molecular flexibility index (Phi) is 5.98. The van der Waals surface area contributed by atoms with Gasteiger partial charge in [-0.2, -0.15) is 0 Å². The second-order valence-corrected chi connectivity index (χ2v) is 7.50. The quantitative estimate of drug-likeness (QED) is 0.698. The van der Waals surface area contributed by atoms with E-state index in [0.717, 1.165) is 26.7 Å². The van der Waals surface area contributed by atoms with Gasteiger partial charge in [0.25, 0.3) is 11.1 Å². The minimum atomic E-state index is -0.474. The fourth-order valence-corrected chi connectivity index (χ4v) is 3.47. The van der Waals surface area contributed by atoms with Crippen LogP contribution in [-0.2, 0) is 9.59 Å². The summed E-state index contributed by atoms with van der Waals surface area (Å²) in [5.74, 6) is -0.262. The van der Waals surface area contributed by atoms with Gasteiger partial charge in [-0.3, -0.25) is 19.3 Å². The Bertz CT molecular complexity index is 910. The lowest BCUT2D eigenvalue weighted by molar-refractivity contribution is -0.127. The molecule has 3 amide bonds. The average molecular weight is 447 g/mol. The van der Waals surface area contributed by atoms with Crippen molar-refractivity contribution in [2.45, 2.75) is 0 Å². The highest BCUT2D eigenvalue weighted by atomic mass is 79.9. The molecule has 1 aliphatic heterocycles. The molecule has 8 heteroatoms. The Morgan fingerprint density at radius 2 is 1.81 bits per heavy atom. The number of methoxy groups -OCH3 is 1. The van der Waals surface area contributed by atoms with Crippen molar-refractivity contribution in [3.8, 4) is 5.75 Å². The Hall–Kier alpha value is -2.58. The third kappa shape index (κ3) is 4.78. The lowest BCUT2D eigenvalue weighted by Crippen LogP contribution is -2.36. The first-order valence-corrected chi connectivity index (χ1v) is 9.52. The molecule has 0 atom stereocenters. The van der Waals surface area contributed by atoms with E-state index < -0.39 is 17.1 Å². The van der Waals surface area contributed by atoms with E-state index in [1.165, 1.54) is 0 Å². The fourth-order valence-electron chi connectivity index (χ4n) is 2.37. The van der Waals surface area contributed by atoms with E-state index in [4.69, 9.17) is 4.74 Å². The van der Waals surface area contributed by atoms with Crippen molar-refractivity contribution < 1.29 is 19.1 Å². The van der Waals surface area contributed by atoms with Crippen LogP contribution in [0.5, 0.6) is 5.75 Å². The van der Waals surface area contributed by atoms with Crippen LogP contribution in [0.4, 0.5) is 10.5 Å². The Morgan fingerprint density at radius 3 is 2.44 bits per heavy atom. The van der Waals surface area contributed by atoms with Crippen LogP contribution < -0.4 is 10.1 Å². The molecule has 0 spiro atoms. The van der Waals surface area contributed by atoms with Crippen molar-refractivity contribution in [2.75, 3.05) is 19.0 Å². The maximum Gasteiger partial charge on any atom is 0.294 e. The molecule has 0 saturated carbocycles. The number of imide groups is 1. The number of anilines is 1. The number of hydrogen-bond donors (Lipinski definition) is 1. The average Bonchev–Trinajstić information content (AvgIpc) is 2.91. The lowest BCUT2D eigenvalue weighted by atomic mass is 10.2. The summed E-state index contributed by atoms with van der Waals surface area (Å²) in [7, 11) is 1.55. The van der Waals surface area contributed by atoms with Crippen LogP contribution in [0.1, 0.15) is 5.56 Å². The van der Waals surface area contributed by atoms with E-state index in [1.54, 1.807) is 37.5 Å². The molecule has 0 aromatic heterocycles. The fraction of sp³-hybridized carbons (Fsp3) is 0.105. The summed E-state index contributed by atoms with van der Waals surface area (Å²) in [5.41, 5.74) is 1.35. The molecule has 27 heavy (non-hydrogen) atoms. The van der Waals surface area contributed by atoms with Gasteiger partial charge < -0.3 is 10.1 Å². The minimum Gasteiger partial charge on any atom is -0.497 e. The monoisotopic (exact) mass is 446 g/mol. The number of halogens is 1. The van der Waals surface area contributed by atoms with E-state index in [-0.39, 0.29) is 6.54 Å². The van der Waals surface area contributed by atoms with Gasteiger partial charge in [-0.05, 0) is 59.8 Å². The van der Waals surface area contributed by atoms with Crippen LogP contribution in [0.2, 0.25) is 0 Å². The summed E-state index contributed by atoms with van der Waals surface area (Å²) < 4.78 is 5.97. The second kappa shape index (κ2) is 8.41. The standard InChI is InChI=1S/C19H15BrN2O4S/c1-26-15-8-6-14(7-9-15)21-17(23)11-22-18(24)16(27-19(22)25)10-12-2-4-13(20)5-3-12/h2-10H,11H2,1H3,(H,21,23)/b16-10-. The van der Waals surface area contributed by atoms with Gasteiger partial charge in [0.05, 0.1) is 12.0 Å². The minimum absolute atomic E-state index is 0.291. The van der Waals surface area contributed by atoms with Crippen molar-refractivity contribution in [1.82, 2.24) is 4.90 Å². The number of carbonyl (C=O) groups is 3. The molecule has 0 unspecified atom stereocenters. The van der Waals surface area contributed by atoms with Crippen LogP contribution in [0.3, 0.4) is 0 Å². The third-order valence-electron chi connectivity index (χ3n) is 3.72. The molecule has 2 aromatic carbocycles. The van der Waals surface area contributed by atoms with Crippen LogP contribution in [0.15, 0.2) is 57.9 Å². The van der Waals surface area contributed by atoms with Gasteiger partial charge in [0.1, 0.15) is 12.3 Å².